The summed E-state index contributed by atoms with van der Waals surface area (Å²) in [6, 6.07) is 3.92. The van der Waals surface area contributed by atoms with Gasteiger partial charge in [-0.3, -0.25) is 9.59 Å². The van der Waals surface area contributed by atoms with E-state index in [1.165, 1.54) is 32.2 Å². The smallest absolute Gasteiger partial charge is 0.308 e. The normalized spacial score (nSPS) is 12.5. The number of carbonyl (C=O) groups excluding carboxylic acids is 1. The number of amides is 1. The Morgan fingerprint density at radius 3 is 2.48 bits per heavy atom. The van der Waals surface area contributed by atoms with Gasteiger partial charge in [-0.2, -0.15) is 0 Å². The lowest BCUT2D eigenvalue weighted by atomic mass is 10.1. The molecule has 116 valence electrons. The van der Waals surface area contributed by atoms with Gasteiger partial charge in [-0.25, -0.2) is 8.42 Å². The number of methoxy groups -OCH3 is 1. The Labute approximate surface area is 122 Å². The molecule has 0 aliphatic carbocycles. The van der Waals surface area contributed by atoms with E-state index in [1.54, 1.807) is 0 Å². The predicted molar refractivity (Wildman–Crippen MR) is 75.2 cm³/mol. The Bertz CT molecular complexity index is 653. The molecule has 0 aliphatic heterocycles. The van der Waals surface area contributed by atoms with Gasteiger partial charge in [0, 0.05) is 12.8 Å². The van der Waals surface area contributed by atoms with Gasteiger partial charge in [0.2, 0.25) is 0 Å². The summed E-state index contributed by atoms with van der Waals surface area (Å²) >= 11 is 0. The van der Waals surface area contributed by atoms with Gasteiger partial charge in [0.25, 0.3) is 5.91 Å². The van der Waals surface area contributed by atoms with Crippen molar-refractivity contribution >= 4 is 21.7 Å². The van der Waals surface area contributed by atoms with Gasteiger partial charge in [0.15, 0.2) is 9.84 Å². The molecule has 1 amide bonds. The summed E-state index contributed by atoms with van der Waals surface area (Å²) in [7, 11) is -2.10. The van der Waals surface area contributed by atoms with Crippen molar-refractivity contribution < 1.29 is 27.9 Å². The van der Waals surface area contributed by atoms with Gasteiger partial charge in [-0.05, 0) is 18.2 Å². The molecule has 0 saturated heterocycles. The van der Waals surface area contributed by atoms with E-state index in [4.69, 9.17) is 9.84 Å². The third-order valence-corrected chi connectivity index (χ3v) is 3.94. The van der Waals surface area contributed by atoms with Crippen LogP contribution in [0.1, 0.15) is 17.3 Å². The average Bonchev–Trinajstić information content (AvgIpc) is 2.42. The van der Waals surface area contributed by atoms with E-state index >= 15 is 0 Å². The van der Waals surface area contributed by atoms with Crippen LogP contribution in [0.2, 0.25) is 0 Å². The minimum Gasteiger partial charge on any atom is -0.496 e. The number of carboxylic acid groups (broad SMARTS) is 1. The molecule has 1 aromatic carbocycles. The van der Waals surface area contributed by atoms with E-state index in [0.29, 0.717) is 0 Å². The first-order valence-corrected chi connectivity index (χ1v) is 7.95. The summed E-state index contributed by atoms with van der Waals surface area (Å²) in [6.07, 6.45) is 1.03. The molecule has 0 aromatic heterocycles. The average molecular weight is 315 g/mol. The largest absolute Gasteiger partial charge is 0.496 e. The molecule has 1 atom stereocenters. The number of carboxylic acids is 1. The molecule has 2 N–H and O–H groups in total. The van der Waals surface area contributed by atoms with E-state index in [-0.39, 0.29) is 22.8 Å². The van der Waals surface area contributed by atoms with Crippen molar-refractivity contribution in [1.29, 1.82) is 0 Å². The Hall–Kier alpha value is -2.09. The van der Waals surface area contributed by atoms with Gasteiger partial charge in [0.05, 0.1) is 23.5 Å². The lowest BCUT2D eigenvalue weighted by Gasteiger charge is -2.12. The van der Waals surface area contributed by atoms with Crippen LogP contribution in [0, 0.1) is 5.92 Å². The zero-order valence-corrected chi connectivity index (χ0v) is 12.7. The highest BCUT2D eigenvalue weighted by Crippen LogP contribution is 2.22. The number of sulfone groups is 1. The highest BCUT2D eigenvalue weighted by atomic mass is 32.2. The van der Waals surface area contributed by atoms with Crippen LogP contribution in [-0.2, 0) is 14.6 Å². The van der Waals surface area contributed by atoms with Crippen molar-refractivity contribution in [2.75, 3.05) is 19.9 Å². The molecular formula is C13H17NO6S. The standard InChI is InChI=1S/C13H17NO6S/c1-8(13(16)17)7-14-12(15)10-6-9(21(3,18)19)4-5-11(10)20-2/h4-6,8H,7H2,1-3H3,(H,14,15)(H,16,17). The third kappa shape index (κ3) is 4.45. The Balaban J connectivity index is 3.04. The first-order chi connectivity index (χ1) is 9.66. The SMILES string of the molecule is COc1ccc(S(C)(=O)=O)cc1C(=O)NCC(C)C(=O)O. The molecule has 0 bridgehead atoms. The Morgan fingerprint density at radius 2 is 2.00 bits per heavy atom. The van der Waals surface area contributed by atoms with Crippen molar-refractivity contribution in [1.82, 2.24) is 5.32 Å². The maximum Gasteiger partial charge on any atom is 0.308 e. The highest BCUT2D eigenvalue weighted by Gasteiger charge is 2.18. The maximum absolute atomic E-state index is 12.1. The maximum atomic E-state index is 12.1. The van der Waals surface area contributed by atoms with Crippen LogP contribution in [-0.4, -0.2) is 45.3 Å². The molecule has 0 saturated carbocycles. The Kier molecular flexibility index (Phi) is 5.31. The molecule has 1 aromatic rings. The monoisotopic (exact) mass is 315 g/mol. The topological polar surface area (TPSA) is 110 Å². The van der Waals surface area contributed by atoms with Crippen molar-refractivity contribution in [3.63, 3.8) is 0 Å². The minimum atomic E-state index is -3.46. The first-order valence-electron chi connectivity index (χ1n) is 6.06. The van der Waals surface area contributed by atoms with Crippen LogP contribution >= 0.6 is 0 Å². The number of aliphatic carboxylic acids is 1. The number of hydrogen-bond donors (Lipinski definition) is 2. The van der Waals surface area contributed by atoms with Crippen LogP contribution < -0.4 is 10.1 Å². The molecule has 7 nitrogen and oxygen atoms in total. The molecule has 1 unspecified atom stereocenters. The second kappa shape index (κ2) is 6.57. The van der Waals surface area contributed by atoms with Crippen molar-refractivity contribution in [3.05, 3.63) is 23.8 Å². The number of benzene rings is 1. The van der Waals surface area contributed by atoms with Crippen LogP contribution in [0.5, 0.6) is 5.75 Å². The van der Waals surface area contributed by atoms with Crippen LogP contribution in [0.4, 0.5) is 0 Å². The summed E-state index contributed by atoms with van der Waals surface area (Å²) in [6.45, 7) is 1.38. The molecule has 21 heavy (non-hydrogen) atoms. The van der Waals surface area contributed by atoms with Crippen LogP contribution in [0.3, 0.4) is 0 Å². The van der Waals surface area contributed by atoms with Gasteiger partial charge in [-0.1, -0.05) is 6.92 Å². The second-order valence-corrected chi connectivity index (χ2v) is 6.60. The van der Waals surface area contributed by atoms with E-state index in [2.05, 4.69) is 5.32 Å². The predicted octanol–water partition coefficient (Wildman–Crippen LogP) is 0.549. The molecule has 8 heteroatoms. The van der Waals surface area contributed by atoms with Crippen molar-refractivity contribution in [2.24, 2.45) is 5.92 Å². The number of hydrogen-bond acceptors (Lipinski definition) is 5. The third-order valence-electron chi connectivity index (χ3n) is 2.83. The second-order valence-electron chi connectivity index (χ2n) is 4.58. The summed E-state index contributed by atoms with van der Waals surface area (Å²) in [5.41, 5.74) is 0.0398. The molecule has 0 spiro atoms. The van der Waals surface area contributed by atoms with Crippen molar-refractivity contribution in [2.45, 2.75) is 11.8 Å². The number of ether oxygens (including phenoxy) is 1. The first kappa shape index (κ1) is 17.0. The van der Waals surface area contributed by atoms with Crippen molar-refractivity contribution in [3.8, 4) is 5.75 Å². The molecule has 0 aliphatic rings. The Morgan fingerprint density at radius 1 is 1.38 bits per heavy atom. The fourth-order valence-corrected chi connectivity index (χ4v) is 2.17. The number of rotatable bonds is 6. The molecule has 1 rings (SSSR count). The quantitative estimate of drug-likeness (QED) is 0.793. The number of nitrogens with one attached hydrogen (secondary N) is 1. The zero-order valence-electron chi connectivity index (χ0n) is 11.9. The van der Waals surface area contributed by atoms with E-state index < -0.39 is 27.6 Å². The van der Waals surface area contributed by atoms with Gasteiger partial charge in [-0.15, -0.1) is 0 Å². The zero-order chi connectivity index (χ0) is 16.2. The van der Waals surface area contributed by atoms with Crippen LogP contribution in [0.25, 0.3) is 0 Å². The fourth-order valence-electron chi connectivity index (χ4n) is 1.52. The molecule has 0 fully saturated rings. The van der Waals surface area contributed by atoms with Gasteiger partial charge in [0.1, 0.15) is 5.75 Å². The summed E-state index contributed by atoms with van der Waals surface area (Å²) in [5, 5.41) is 11.2. The van der Waals surface area contributed by atoms with Crippen LogP contribution in [0.15, 0.2) is 23.1 Å². The summed E-state index contributed by atoms with van der Waals surface area (Å²) in [5.74, 6) is -2.17. The lowest BCUT2D eigenvalue weighted by molar-refractivity contribution is -0.140. The molecular weight excluding hydrogens is 298 g/mol. The van der Waals surface area contributed by atoms with Gasteiger partial charge < -0.3 is 15.2 Å². The fraction of sp³-hybridized carbons (Fsp3) is 0.385. The van der Waals surface area contributed by atoms with Gasteiger partial charge >= 0.3 is 5.97 Å². The summed E-state index contributed by atoms with van der Waals surface area (Å²) in [4.78, 5) is 22.7. The minimum absolute atomic E-state index is 0.0141. The summed E-state index contributed by atoms with van der Waals surface area (Å²) < 4.78 is 28.0. The number of carbonyl (C=O) groups is 2. The highest BCUT2D eigenvalue weighted by molar-refractivity contribution is 7.90. The molecule has 0 heterocycles. The van der Waals surface area contributed by atoms with E-state index in [0.717, 1.165) is 6.26 Å². The van der Waals surface area contributed by atoms with E-state index in [9.17, 15) is 18.0 Å². The van der Waals surface area contributed by atoms with E-state index in [1.807, 2.05) is 0 Å². The molecule has 0 radical (unpaired) electrons. The lowest BCUT2D eigenvalue weighted by Crippen LogP contribution is -2.31.